The lowest BCUT2D eigenvalue weighted by Gasteiger charge is -2.13. The van der Waals surface area contributed by atoms with Gasteiger partial charge in [-0.25, -0.2) is 14.3 Å². The van der Waals surface area contributed by atoms with E-state index in [4.69, 9.17) is 4.74 Å². The molecular formula is C19H20N4O3. The van der Waals surface area contributed by atoms with E-state index in [-0.39, 0.29) is 18.1 Å². The Hall–Kier alpha value is -3.22. The van der Waals surface area contributed by atoms with Crippen molar-refractivity contribution >= 4 is 23.2 Å². The zero-order chi connectivity index (χ0) is 18.7. The number of carbonyl (C=O) groups is 2. The van der Waals surface area contributed by atoms with Crippen LogP contribution in [0, 0.1) is 13.8 Å². The number of aryl methyl sites for hydroxylation is 3. The molecule has 0 atom stereocenters. The van der Waals surface area contributed by atoms with Gasteiger partial charge in [0.2, 0.25) is 0 Å². The first-order chi connectivity index (χ1) is 12.5. The Bertz CT molecular complexity index is 978. The third kappa shape index (κ3) is 3.42. The first-order valence-corrected chi connectivity index (χ1v) is 8.36. The fraction of sp³-hybridized carbons (Fsp3) is 0.263. The number of hydrogen-bond acceptors (Lipinski definition) is 5. The van der Waals surface area contributed by atoms with Crippen LogP contribution in [0.4, 0.5) is 5.69 Å². The topological polar surface area (TPSA) is 85.6 Å². The van der Waals surface area contributed by atoms with Gasteiger partial charge in [-0.15, -0.1) is 0 Å². The largest absolute Gasteiger partial charge is 0.452 e. The van der Waals surface area contributed by atoms with Crippen molar-refractivity contribution in [3.05, 3.63) is 59.0 Å². The molecule has 0 fully saturated rings. The number of amides is 1. The number of anilines is 1. The highest BCUT2D eigenvalue weighted by atomic mass is 16.5. The number of nitrogens with one attached hydrogen (secondary N) is 1. The molecule has 0 radical (unpaired) electrons. The number of hydrogen-bond donors (Lipinski definition) is 1. The van der Waals surface area contributed by atoms with Crippen molar-refractivity contribution in [2.75, 3.05) is 11.9 Å². The standard InChI is InChI=1S/C19H20N4O3/c1-4-14-8-5-7-12(2)17(14)21-15(24)11-26-19(25)16-13(3)22-23-10-6-9-20-18(16)23/h5-10H,4,11H2,1-3H3,(H,21,24). The van der Waals surface area contributed by atoms with Crippen molar-refractivity contribution in [1.82, 2.24) is 14.6 Å². The summed E-state index contributed by atoms with van der Waals surface area (Å²) in [6.45, 7) is 5.27. The van der Waals surface area contributed by atoms with Crippen LogP contribution in [0.1, 0.15) is 34.1 Å². The molecule has 7 nitrogen and oxygen atoms in total. The van der Waals surface area contributed by atoms with Crippen molar-refractivity contribution < 1.29 is 14.3 Å². The zero-order valence-corrected chi connectivity index (χ0v) is 14.9. The fourth-order valence-corrected chi connectivity index (χ4v) is 2.82. The molecule has 1 N–H and O–H groups in total. The minimum atomic E-state index is -0.619. The highest BCUT2D eigenvalue weighted by Crippen LogP contribution is 2.21. The van der Waals surface area contributed by atoms with E-state index in [1.807, 2.05) is 32.0 Å². The molecule has 26 heavy (non-hydrogen) atoms. The lowest BCUT2D eigenvalue weighted by atomic mass is 10.1. The predicted octanol–water partition coefficient (Wildman–Crippen LogP) is 2.70. The van der Waals surface area contributed by atoms with E-state index in [1.165, 1.54) is 4.52 Å². The SMILES string of the molecule is CCc1cccc(C)c1NC(=O)COC(=O)c1c(C)nn2cccnc12. The zero-order valence-electron chi connectivity index (χ0n) is 14.9. The summed E-state index contributed by atoms with van der Waals surface area (Å²) in [5.74, 6) is -1.00. The summed E-state index contributed by atoms with van der Waals surface area (Å²) in [5, 5.41) is 7.05. The van der Waals surface area contributed by atoms with Crippen LogP contribution in [0.5, 0.6) is 0 Å². The Morgan fingerprint density at radius 2 is 2.04 bits per heavy atom. The fourth-order valence-electron chi connectivity index (χ4n) is 2.82. The summed E-state index contributed by atoms with van der Waals surface area (Å²) in [6, 6.07) is 7.55. The average molecular weight is 352 g/mol. The van der Waals surface area contributed by atoms with E-state index in [0.717, 1.165) is 23.2 Å². The summed E-state index contributed by atoms with van der Waals surface area (Å²) in [4.78, 5) is 28.8. The predicted molar refractivity (Wildman–Crippen MR) is 97.2 cm³/mol. The maximum Gasteiger partial charge on any atom is 0.344 e. The molecule has 2 aromatic heterocycles. The average Bonchev–Trinajstić information content (AvgIpc) is 2.97. The van der Waals surface area contributed by atoms with Crippen molar-refractivity contribution in [3.8, 4) is 0 Å². The second-order valence-electron chi connectivity index (χ2n) is 5.94. The maximum absolute atomic E-state index is 12.4. The summed E-state index contributed by atoms with van der Waals surface area (Å²) in [6.07, 6.45) is 4.07. The summed E-state index contributed by atoms with van der Waals surface area (Å²) >= 11 is 0. The van der Waals surface area contributed by atoms with Crippen molar-refractivity contribution in [3.63, 3.8) is 0 Å². The normalized spacial score (nSPS) is 10.7. The number of nitrogens with zero attached hydrogens (tertiary/aromatic N) is 3. The molecule has 2 heterocycles. The van der Waals surface area contributed by atoms with Crippen molar-refractivity contribution in [1.29, 1.82) is 0 Å². The van der Waals surface area contributed by atoms with Gasteiger partial charge in [-0.05, 0) is 37.5 Å². The highest BCUT2D eigenvalue weighted by molar-refractivity contribution is 5.99. The van der Waals surface area contributed by atoms with Gasteiger partial charge >= 0.3 is 5.97 Å². The van der Waals surface area contributed by atoms with Crippen LogP contribution in [0.3, 0.4) is 0 Å². The molecule has 0 spiro atoms. The molecule has 1 amide bonds. The Kier molecular flexibility index (Phi) is 4.97. The second kappa shape index (κ2) is 7.35. The van der Waals surface area contributed by atoms with E-state index in [0.29, 0.717) is 11.3 Å². The molecule has 0 saturated heterocycles. The molecule has 0 unspecified atom stereocenters. The van der Waals surface area contributed by atoms with E-state index in [9.17, 15) is 9.59 Å². The molecule has 3 rings (SSSR count). The van der Waals surface area contributed by atoms with Crippen molar-refractivity contribution in [2.45, 2.75) is 27.2 Å². The maximum atomic E-state index is 12.4. The van der Waals surface area contributed by atoms with E-state index < -0.39 is 5.97 Å². The van der Waals surface area contributed by atoms with Gasteiger partial charge in [0.15, 0.2) is 12.3 Å². The molecular weight excluding hydrogens is 332 g/mol. The summed E-state index contributed by atoms with van der Waals surface area (Å²) in [5.41, 5.74) is 3.94. The highest BCUT2D eigenvalue weighted by Gasteiger charge is 2.20. The smallest absolute Gasteiger partial charge is 0.344 e. The number of para-hydroxylation sites is 1. The van der Waals surface area contributed by atoms with Crippen molar-refractivity contribution in [2.24, 2.45) is 0 Å². The van der Waals surface area contributed by atoms with E-state index in [1.54, 1.807) is 25.4 Å². The Labute approximate surface area is 151 Å². The molecule has 7 heteroatoms. The number of fused-ring (bicyclic) bond motifs is 1. The van der Waals surface area contributed by atoms with Gasteiger partial charge in [0, 0.05) is 18.1 Å². The van der Waals surface area contributed by atoms with Gasteiger partial charge in [0.05, 0.1) is 5.69 Å². The Morgan fingerprint density at radius 3 is 2.81 bits per heavy atom. The van der Waals surface area contributed by atoms with Crippen LogP contribution in [0.25, 0.3) is 5.65 Å². The van der Waals surface area contributed by atoms with Gasteiger partial charge in [-0.3, -0.25) is 4.79 Å². The molecule has 0 aliphatic heterocycles. The quantitative estimate of drug-likeness (QED) is 0.714. The first kappa shape index (κ1) is 17.6. The van der Waals surface area contributed by atoms with Crippen LogP contribution >= 0.6 is 0 Å². The van der Waals surface area contributed by atoms with Crippen LogP contribution in [-0.2, 0) is 16.0 Å². The van der Waals surface area contributed by atoms with Crippen LogP contribution in [0.15, 0.2) is 36.7 Å². The van der Waals surface area contributed by atoms with Gasteiger partial charge in [0.1, 0.15) is 5.56 Å². The van der Waals surface area contributed by atoms with Crippen LogP contribution in [-0.4, -0.2) is 33.1 Å². The molecule has 0 saturated carbocycles. The number of carbonyl (C=O) groups excluding carboxylic acids is 2. The van der Waals surface area contributed by atoms with Gasteiger partial charge in [0.25, 0.3) is 5.91 Å². The minimum Gasteiger partial charge on any atom is -0.452 e. The van der Waals surface area contributed by atoms with E-state index >= 15 is 0 Å². The lowest BCUT2D eigenvalue weighted by Crippen LogP contribution is -2.22. The molecule has 134 valence electrons. The second-order valence-corrected chi connectivity index (χ2v) is 5.94. The summed E-state index contributed by atoms with van der Waals surface area (Å²) < 4.78 is 6.69. The van der Waals surface area contributed by atoms with Gasteiger partial charge in [-0.1, -0.05) is 25.1 Å². The van der Waals surface area contributed by atoms with Gasteiger partial charge in [-0.2, -0.15) is 5.10 Å². The minimum absolute atomic E-state index is 0.267. The molecule has 0 aliphatic rings. The molecule has 0 aliphatic carbocycles. The van der Waals surface area contributed by atoms with E-state index in [2.05, 4.69) is 15.4 Å². The number of esters is 1. The molecule has 3 aromatic rings. The number of ether oxygens (including phenoxy) is 1. The number of rotatable bonds is 5. The first-order valence-electron chi connectivity index (χ1n) is 8.36. The number of benzene rings is 1. The van der Waals surface area contributed by atoms with Crippen LogP contribution in [0.2, 0.25) is 0 Å². The van der Waals surface area contributed by atoms with Crippen LogP contribution < -0.4 is 5.32 Å². The van der Waals surface area contributed by atoms with Gasteiger partial charge < -0.3 is 10.1 Å². The third-order valence-corrected chi connectivity index (χ3v) is 4.11. The summed E-state index contributed by atoms with van der Waals surface area (Å²) in [7, 11) is 0. The lowest BCUT2D eigenvalue weighted by molar-refractivity contribution is -0.119. The Morgan fingerprint density at radius 1 is 1.23 bits per heavy atom. The third-order valence-electron chi connectivity index (χ3n) is 4.11. The Balaban J connectivity index is 1.70. The number of aromatic nitrogens is 3. The monoisotopic (exact) mass is 352 g/mol. The molecule has 0 bridgehead atoms. The molecule has 1 aromatic carbocycles.